The molecule has 2 N–H and O–H groups in total. The molecule has 0 saturated carbocycles. The number of ether oxygens (including phenoxy) is 1. The van der Waals surface area contributed by atoms with E-state index in [1.165, 1.54) is 0 Å². The zero-order chi connectivity index (χ0) is 20.9. The van der Waals surface area contributed by atoms with E-state index in [-0.39, 0.29) is 19.0 Å². The standard InChI is InChI=1S/C18H25N3O6S/c1-4-12(2)19-18(24)20-16(22)11-27-17(23)15-9-13-7-5-6-8-14(13)10-21(15)28(3,25)26/h5-8,12,15H,4,9-11H2,1-3H3,(H2,19,20,22,24)/t12-,15-/m0/s1. The van der Waals surface area contributed by atoms with Gasteiger partial charge in [-0.2, -0.15) is 4.31 Å². The topological polar surface area (TPSA) is 122 Å². The first-order chi connectivity index (χ1) is 13.1. The molecule has 1 heterocycles. The number of esters is 1. The average molecular weight is 411 g/mol. The van der Waals surface area contributed by atoms with Crippen molar-refractivity contribution in [3.8, 4) is 0 Å². The number of benzene rings is 1. The lowest BCUT2D eigenvalue weighted by Crippen LogP contribution is -2.50. The lowest BCUT2D eigenvalue weighted by Gasteiger charge is -2.33. The zero-order valence-corrected chi connectivity index (χ0v) is 16.9. The monoisotopic (exact) mass is 411 g/mol. The maximum absolute atomic E-state index is 12.5. The number of carbonyl (C=O) groups excluding carboxylic acids is 3. The minimum Gasteiger partial charge on any atom is -0.454 e. The highest BCUT2D eigenvalue weighted by Gasteiger charge is 2.38. The normalized spacial score (nSPS) is 17.9. The van der Waals surface area contributed by atoms with Crippen LogP contribution in [0.25, 0.3) is 0 Å². The molecule has 9 nitrogen and oxygen atoms in total. The predicted octanol–water partition coefficient (Wildman–Crippen LogP) is 0.540. The SMILES string of the molecule is CC[C@H](C)NC(=O)NC(=O)COC(=O)[C@@H]1Cc2ccccc2CN1S(C)(=O)=O. The molecule has 0 radical (unpaired) electrons. The van der Waals surface area contributed by atoms with E-state index >= 15 is 0 Å². The van der Waals surface area contributed by atoms with Crippen molar-refractivity contribution < 1.29 is 27.5 Å². The molecular formula is C18H25N3O6S. The molecule has 0 bridgehead atoms. The molecule has 3 amide bonds. The second-order valence-electron chi connectivity index (χ2n) is 6.74. The van der Waals surface area contributed by atoms with E-state index in [9.17, 15) is 22.8 Å². The number of rotatable bonds is 6. The Labute approximate surface area is 164 Å². The molecule has 2 rings (SSSR count). The van der Waals surface area contributed by atoms with Gasteiger partial charge in [-0.1, -0.05) is 31.2 Å². The van der Waals surface area contributed by atoms with Gasteiger partial charge in [0.05, 0.1) is 6.26 Å². The fourth-order valence-corrected chi connectivity index (χ4v) is 3.80. The van der Waals surface area contributed by atoms with Crippen LogP contribution in [0.5, 0.6) is 0 Å². The second kappa shape index (κ2) is 9.16. The summed E-state index contributed by atoms with van der Waals surface area (Å²) in [5.74, 6) is -1.63. The molecule has 0 unspecified atom stereocenters. The van der Waals surface area contributed by atoms with E-state index in [4.69, 9.17) is 4.74 Å². The van der Waals surface area contributed by atoms with Gasteiger partial charge in [0.1, 0.15) is 6.04 Å². The van der Waals surface area contributed by atoms with Crippen LogP contribution in [0.2, 0.25) is 0 Å². The van der Waals surface area contributed by atoms with Crippen molar-refractivity contribution in [1.82, 2.24) is 14.9 Å². The summed E-state index contributed by atoms with van der Waals surface area (Å²) < 4.78 is 30.3. The summed E-state index contributed by atoms with van der Waals surface area (Å²) in [5, 5.41) is 4.61. The predicted molar refractivity (Wildman–Crippen MR) is 102 cm³/mol. The Bertz CT molecular complexity index is 855. The molecule has 0 fully saturated rings. The highest BCUT2D eigenvalue weighted by Crippen LogP contribution is 2.26. The average Bonchev–Trinajstić information content (AvgIpc) is 2.64. The van der Waals surface area contributed by atoms with Crippen molar-refractivity contribution in [3.63, 3.8) is 0 Å². The molecule has 0 aliphatic carbocycles. The quantitative estimate of drug-likeness (QED) is 0.659. The molecule has 1 aliphatic heterocycles. The Morgan fingerprint density at radius 3 is 2.50 bits per heavy atom. The van der Waals surface area contributed by atoms with Crippen molar-refractivity contribution in [2.24, 2.45) is 0 Å². The Hall–Kier alpha value is -2.46. The first-order valence-corrected chi connectivity index (χ1v) is 10.8. The number of amides is 3. The Kier molecular flexibility index (Phi) is 7.14. The molecule has 28 heavy (non-hydrogen) atoms. The van der Waals surface area contributed by atoms with Crippen LogP contribution in [0, 0.1) is 0 Å². The summed E-state index contributed by atoms with van der Waals surface area (Å²) in [5.41, 5.74) is 1.66. The first kappa shape index (κ1) is 21.8. The maximum atomic E-state index is 12.5. The molecule has 0 spiro atoms. The van der Waals surface area contributed by atoms with Crippen LogP contribution in [0.3, 0.4) is 0 Å². The van der Waals surface area contributed by atoms with Crippen molar-refractivity contribution in [1.29, 1.82) is 0 Å². The van der Waals surface area contributed by atoms with Gasteiger partial charge in [-0.15, -0.1) is 0 Å². The summed E-state index contributed by atoms with van der Waals surface area (Å²) in [7, 11) is -3.67. The van der Waals surface area contributed by atoms with Gasteiger partial charge in [-0.25, -0.2) is 13.2 Å². The van der Waals surface area contributed by atoms with Gasteiger partial charge in [0.2, 0.25) is 10.0 Å². The summed E-state index contributed by atoms with van der Waals surface area (Å²) >= 11 is 0. The first-order valence-electron chi connectivity index (χ1n) is 8.92. The molecule has 1 aromatic rings. The third-order valence-electron chi connectivity index (χ3n) is 4.49. The highest BCUT2D eigenvalue weighted by molar-refractivity contribution is 7.88. The summed E-state index contributed by atoms with van der Waals surface area (Å²) in [6, 6.07) is 5.37. The summed E-state index contributed by atoms with van der Waals surface area (Å²) in [6.07, 6.45) is 1.87. The molecule has 0 aromatic heterocycles. The van der Waals surface area contributed by atoms with Gasteiger partial charge in [0, 0.05) is 19.0 Å². The maximum Gasteiger partial charge on any atom is 0.325 e. The van der Waals surface area contributed by atoms with Crippen LogP contribution < -0.4 is 10.6 Å². The van der Waals surface area contributed by atoms with E-state index in [1.54, 1.807) is 25.1 Å². The van der Waals surface area contributed by atoms with Crippen LogP contribution in [0.15, 0.2) is 24.3 Å². The number of nitrogens with zero attached hydrogens (tertiary/aromatic N) is 1. The molecule has 1 aliphatic rings. The van der Waals surface area contributed by atoms with Gasteiger partial charge in [-0.3, -0.25) is 14.9 Å². The lowest BCUT2D eigenvalue weighted by atomic mass is 9.96. The van der Waals surface area contributed by atoms with E-state index in [0.717, 1.165) is 21.7 Å². The highest BCUT2D eigenvalue weighted by atomic mass is 32.2. The number of urea groups is 1. The van der Waals surface area contributed by atoms with E-state index in [0.29, 0.717) is 6.42 Å². The molecular weight excluding hydrogens is 386 g/mol. The lowest BCUT2D eigenvalue weighted by molar-refractivity contribution is -0.152. The van der Waals surface area contributed by atoms with E-state index in [1.807, 2.05) is 13.0 Å². The van der Waals surface area contributed by atoms with Gasteiger partial charge >= 0.3 is 12.0 Å². The van der Waals surface area contributed by atoms with E-state index in [2.05, 4.69) is 10.6 Å². The Morgan fingerprint density at radius 1 is 1.25 bits per heavy atom. The van der Waals surface area contributed by atoms with Crippen LogP contribution in [-0.4, -0.2) is 55.6 Å². The summed E-state index contributed by atoms with van der Waals surface area (Å²) in [6.45, 7) is 3.04. The number of hydrogen-bond donors (Lipinski definition) is 2. The van der Waals surface area contributed by atoms with Crippen LogP contribution in [0.1, 0.15) is 31.4 Å². The van der Waals surface area contributed by atoms with E-state index < -0.39 is 40.6 Å². The fraction of sp³-hybridized carbons (Fsp3) is 0.500. The zero-order valence-electron chi connectivity index (χ0n) is 16.1. The van der Waals surface area contributed by atoms with Gasteiger partial charge in [0.15, 0.2) is 6.61 Å². The number of carbonyl (C=O) groups is 3. The number of fused-ring (bicyclic) bond motifs is 1. The van der Waals surface area contributed by atoms with Crippen LogP contribution >= 0.6 is 0 Å². The van der Waals surface area contributed by atoms with Crippen molar-refractivity contribution in [2.75, 3.05) is 12.9 Å². The fourth-order valence-electron chi connectivity index (χ4n) is 2.81. The van der Waals surface area contributed by atoms with Crippen molar-refractivity contribution >= 4 is 27.9 Å². The van der Waals surface area contributed by atoms with Gasteiger partial charge in [0.25, 0.3) is 5.91 Å². The number of imide groups is 1. The number of sulfonamides is 1. The van der Waals surface area contributed by atoms with Gasteiger partial charge < -0.3 is 10.1 Å². The van der Waals surface area contributed by atoms with Crippen molar-refractivity contribution in [2.45, 2.75) is 45.3 Å². The number of hydrogen-bond acceptors (Lipinski definition) is 6. The molecule has 0 saturated heterocycles. The molecule has 154 valence electrons. The smallest absolute Gasteiger partial charge is 0.325 e. The molecule has 2 atom stereocenters. The minimum atomic E-state index is -3.67. The van der Waals surface area contributed by atoms with Crippen LogP contribution in [0.4, 0.5) is 4.79 Å². The number of nitrogens with one attached hydrogen (secondary N) is 2. The Balaban J connectivity index is 2.00. The van der Waals surface area contributed by atoms with Gasteiger partial charge in [-0.05, 0) is 24.5 Å². The van der Waals surface area contributed by atoms with Crippen LogP contribution in [-0.2, 0) is 37.3 Å². The van der Waals surface area contributed by atoms with Crippen molar-refractivity contribution in [3.05, 3.63) is 35.4 Å². The molecule has 1 aromatic carbocycles. The second-order valence-corrected chi connectivity index (χ2v) is 8.67. The molecule has 10 heteroatoms. The largest absolute Gasteiger partial charge is 0.454 e. The summed E-state index contributed by atoms with van der Waals surface area (Å²) in [4.78, 5) is 35.9. The Morgan fingerprint density at radius 2 is 1.89 bits per heavy atom. The third kappa shape index (κ3) is 5.77. The minimum absolute atomic E-state index is 0.0539. The third-order valence-corrected chi connectivity index (χ3v) is 5.73.